The highest BCUT2D eigenvalue weighted by Crippen LogP contribution is 2.25. The van der Waals surface area contributed by atoms with Crippen molar-refractivity contribution in [2.24, 2.45) is 0 Å². The topological polar surface area (TPSA) is 55.8 Å². The largest absolute Gasteiger partial charge is 0.497 e. The van der Waals surface area contributed by atoms with E-state index >= 15 is 0 Å². The Morgan fingerprint density at radius 3 is 2.71 bits per heavy atom. The number of esters is 1. The van der Waals surface area contributed by atoms with E-state index < -0.39 is 18.0 Å². The van der Waals surface area contributed by atoms with E-state index in [4.69, 9.17) is 9.47 Å². The molecule has 2 atom stereocenters. The first-order chi connectivity index (χ1) is 8.10. The monoisotopic (exact) mass is 238 g/mol. The van der Waals surface area contributed by atoms with Gasteiger partial charge < -0.3 is 14.6 Å². The van der Waals surface area contributed by atoms with Crippen molar-refractivity contribution in [2.45, 2.75) is 25.9 Å². The van der Waals surface area contributed by atoms with E-state index in [9.17, 15) is 9.90 Å². The van der Waals surface area contributed by atoms with Crippen LogP contribution in [0.2, 0.25) is 0 Å². The van der Waals surface area contributed by atoms with E-state index in [0.717, 1.165) is 0 Å². The normalized spacial score (nSPS) is 13.9. The fraction of sp³-hybridized carbons (Fsp3) is 0.462. The molecule has 0 aliphatic carbocycles. The minimum atomic E-state index is -0.804. The third-order valence-corrected chi connectivity index (χ3v) is 2.48. The maximum absolute atomic E-state index is 11.8. The molecule has 94 valence electrons. The molecule has 0 heterocycles. The summed E-state index contributed by atoms with van der Waals surface area (Å²) in [7, 11) is 1.56. The standard InChI is InChI=1S/C13H18O4/c1-4-17-13(15)12(9(2)14)10-6-5-7-11(8-10)16-3/h5-9,12,14H,4H2,1-3H3/t9-,12+/m1/s1. The van der Waals surface area contributed by atoms with Gasteiger partial charge in [-0.15, -0.1) is 0 Å². The number of rotatable bonds is 5. The molecular formula is C13H18O4. The first kappa shape index (κ1) is 13.5. The Balaban J connectivity index is 3.00. The SMILES string of the molecule is CCOC(=O)[C@H](c1cccc(OC)c1)[C@@H](C)O. The maximum Gasteiger partial charge on any atom is 0.316 e. The molecule has 0 saturated carbocycles. The molecule has 0 aliphatic heterocycles. The summed E-state index contributed by atoms with van der Waals surface area (Å²) in [5.74, 6) is -0.446. The summed E-state index contributed by atoms with van der Waals surface area (Å²) >= 11 is 0. The van der Waals surface area contributed by atoms with Crippen LogP contribution in [0.25, 0.3) is 0 Å². The third kappa shape index (κ3) is 3.46. The van der Waals surface area contributed by atoms with Gasteiger partial charge in [0, 0.05) is 0 Å². The molecule has 0 radical (unpaired) electrons. The van der Waals surface area contributed by atoms with E-state index in [1.165, 1.54) is 0 Å². The van der Waals surface area contributed by atoms with Gasteiger partial charge in [-0.25, -0.2) is 0 Å². The van der Waals surface area contributed by atoms with E-state index in [0.29, 0.717) is 17.9 Å². The van der Waals surface area contributed by atoms with Gasteiger partial charge in [0.05, 0.1) is 19.8 Å². The van der Waals surface area contributed by atoms with Crippen molar-refractivity contribution in [3.05, 3.63) is 29.8 Å². The molecule has 1 rings (SSSR count). The van der Waals surface area contributed by atoms with Gasteiger partial charge in [-0.05, 0) is 31.5 Å². The summed E-state index contributed by atoms with van der Waals surface area (Å²) in [6.45, 7) is 3.61. The molecule has 0 saturated heterocycles. The van der Waals surface area contributed by atoms with Crippen LogP contribution in [0.15, 0.2) is 24.3 Å². The molecule has 1 aromatic carbocycles. The van der Waals surface area contributed by atoms with Gasteiger partial charge in [0.15, 0.2) is 0 Å². The molecule has 0 amide bonds. The predicted octanol–water partition coefficient (Wildman–Crippen LogP) is 1.72. The molecule has 0 fully saturated rings. The molecule has 0 spiro atoms. The summed E-state index contributed by atoms with van der Waals surface area (Å²) in [6.07, 6.45) is -0.804. The second-order valence-electron chi connectivity index (χ2n) is 3.75. The minimum Gasteiger partial charge on any atom is -0.497 e. The molecule has 0 unspecified atom stereocenters. The minimum absolute atomic E-state index is 0.298. The van der Waals surface area contributed by atoms with Crippen LogP contribution in [0.3, 0.4) is 0 Å². The first-order valence-electron chi connectivity index (χ1n) is 5.58. The molecule has 1 N–H and O–H groups in total. The third-order valence-electron chi connectivity index (χ3n) is 2.48. The van der Waals surface area contributed by atoms with E-state index in [1.807, 2.05) is 0 Å². The summed E-state index contributed by atoms with van der Waals surface area (Å²) in [6, 6.07) is 7.07. The average molecular weight is 238 g/mol. The Kier molecular flexibility index (Phi) is 4.97. The zero-order valence-electron chi connectivity index (χ0n) is 10.3. The number of hydrogen-bond acceptors (Lipinski definition) is 4. The highest BCUT2D eigenvalue weighted by Gasteiger charge is 2.27. The quantitative estimate of drug-likeness (QED) is 0.794. The summed E-state index contributed by atoms with van der Waals surface area (Å²) in [5.41, 5.74) is 0.692. The van der Waals surface area contributed by atoms with Gasteiger partial charge in [0.2, 0.25) is 0 Å². The lowest BCUT2D eigenvalue weighted by Crippen LogP contribution is -2.25. The zero-order chi connectivity index (χ0) is 12.8. The van der Waals surface area contributed by atoms with Crippen LogP contribution in [-0.4, -0.2) is 30.9 Å². The summed E-state index contributed by atoms with van der Waals surface area (Å²) in [5, 5.41) is 9.68. The lowest BCUT2D eigenvalue weighted by Gasteiger charge is -2.19. The van der Waals surface area contributed by atoms with E-state index in [-0.39, 0.29) is 0 Å². The van der Waals surface area contributed by atoms with E-state index in [1.54, 1.807) is 45.2 Å². The lowest BCUT2D eigenvalue weighted by molar-refractivity contribution is -0.147. The molecular weight excluding hydrogens is 220 g/mol. The molecule has 0 bridgehead atoms. The summed E-state index contributed by atoms with van der Waals surface area (Å²) < 4.78 is 10.0. The second kappa shape index (κ2) is 6.25. The number of hydrogen-bond donors (Lipinski definition) is 1. The fourth-order valence-electron chi connectivity index (χ4n) is 1.68. The maximum atomic E-state index is 11.8. The van der Waals surface area contributed by atoms with Crippen molar-refractivity contribution in [1.29, 1.82) is 0 Å². The Morgan fingerprint density at radius 2 is 2.18 bits per heavy atom. The fourth-order valence-corrected chi connectivity index (χ4v) is 1.68. The van der Waals surface area contributed by atoms with Crippen molar-refractivity contribution in [3.63, 3.8) is 0 Å². The zero-order valence-corrected chi connectivity index (χ0v) is 10.3. The molecule has 0 aromatic heterocycles. The van der Waals surface area contributed by atoms with Gasteiger partial charge in [-0.2, -0.15) is 0 Å². The van der Waals surface area contributed by atoms with Gasteiger partial charge in [0.1, 0.15) is 11.7 Å². The van der Waals surface area contributed by atoms with E-state index in [2.05, 4.69) is 0 Å². The number of carbonyl (C=O) groups excluding carboxylic acids is 1. The van der Waals surface area contributed by atoms with Gasteiger partial charge >= 0.3 is 5.97 Å². The number of benzene rings is 1. The predicted molar refractivity (Wildman–Crippen MR) is 64.0 cm³/mol. The van der Waals surface area contributed by atoms with Gasteiger partial charge in [-0.1, -0.05) is 12.1 Å². The molecule has 4 nitrogen and oxygen atoms in total. The molecule has 17 heavy (non-hydrogen) atoms. The summed E-state index contributed by atoms with van der Waals surface area (Å²) in [4.78, 5) is 11.8. The average Bonchev–Trinajstić information content (AvgIpc) is 2.29. The first-order valence-corrected chi connectivity index (χ1v) is 5.58. The van der Waals surface area contributed by atoms with Crippen LogP contribution in [0, 0.1) is 0 Å². The lowest BCUT2D eigenvalue weighted by atomic mass is 9.94. The Labute approximate surface area is 101 Å². The number of carbonyl (C=O) groups is 1. The van der Waals surface area contributed by atoms with Crippen molar-refractivity contribution >= 4 is 5.97 Å². The van der Waals surface area contributed by atoms with Crippen molar-refractivity contribution < 1.29 is 19.4 Å². The highest BCUT2D eigenvalue weighted by atomic mass is 16.5. The van der Waals surface area contributed by atoms with Crippen LogP contribution in [0.1, 0.15) is 25.3 Å². The van der Waals surface area contributed by atoms with Crippen molar-refractivity contribution in [3.8, 4) is 5.75 Å². The van der Waals surface area contributed by atoms with Crippen molar-refractivity contribution in [2.75, 3.05) is 13.7 Å². The number of methoxy groups -OCH3 is 1. The molecule has 4 heteroatoms. The smallest absolute Gasteiger partial charge is 0.316 e. The number of aliphatic hydroxyl groups excluding tert-OH is 1. The number of aliphatic hydroxyl groups is 1. The molecule has 1 aromatic rings. The Bertz CT molecular complexity index is 373. The van der Waals surface area contributed by atoms with Crippen LogP contribution in [0.4, 0.5) is 0 Å². The van der Waals surface area contributed by atoms with Crippen LogP contribution < -0.4 is 4.74 Å². The van der Waals surface area contributed by atoms with Crippen LogP contribution in [-0.2, 0) is 9.53 Å². The van der Waals surface area contributed by atoms with Crippen LogP contribution in [0.5, 0.6) is 5.75 Å². The molecule has 0 aliphatic rings. The van der Waals surface area contributed by atoms with Gasteiger partial charge in [0.25, 0.3) is 0 Å². The van der Waals surface area contributed by atoms with Gasteiger partial charge in [-0.3, -0.25) is 4.79 Å². The highest BCUT2D eigenvalue weighted by molar-refractivity contribution is 5.79. The number of ether oxygens (including phenoxy) is 2. The Morgan fingerprint density at radius 1 is 1.47 bits per heavy atom. The second-order valence-corrected chi connectivity index (χ2v) is 3.75. The Hall–Kier alpha value is -1.55. The van der Waals surface area contributed by atoms with Crippen LogP contribution >= 0.6 is 0 Å². The van der Waals surface area contributed by atoms with Crippen molar-refractivity contribution in [1.82, 2.24) is 0 Å².